The van der Waals surface area contributed by atoms with Crippen molar-refractivity contribution in [3.05, 3.63) is 69.9 Å². The predicted octanol–water partition coefficient (Wildman–Crippen LogP) is 4.31. The number of aryl methyl sites for hydroxylation is 3. The molecule has 2 amide bonds. The van der Waals surface area contributed by atoms with Gasteiger partial charge in [0.05, 0.1) is 23.5 Å². The summed E-state index contributed by atoms with van der Waals surface area (Å²) < 4.78 is 5.89. The van der Waals surface area contributed by atoms with Crippen LogP contribution in [0.3, 0.4) is 0 Å². The third-order valence-corrected chi connectivity index (χ3v) is 6.26. The fourth-order valence-corrected chi connectivity index (χ4v) is 4.71. The number of amides is 2. The van der Waals surface area contributed by atoms with Crippen molar-refractivity contribution < 1.29 is 14.3 Å². The van der Waals surface area contributed by atoms with Crippen LogP contribution in [0.4, 0.5) is 5.69 Å². The minimum absolute atomic E-state index is 0.0192. The van der Waals surface area contributed by atoms with Crippen molar-refractivity contribution in [2.45, 2.75) is 53.8 Å². The van der Waals surface area contributed by atoms with E-state index in [1.165, 1.54) is 4.90 Å². The van der Waals surface area contributed by atoms with Gasteiger partial charge in [0.15, 0.2) is 0 Å². The van der Waals surface area contributed by atoms with Gasteiger partial charge in [-0.2, -0.15) is 0 Å². The molecule has 2 unspecified atom stereocenters. The van der Waals surface area contributed by atoms with E-state index in [1.54, 1.807) is 0 Å². The van der Waals surface area contributed by atoms with Gasteiger partial charge in [-0.25, -0.2) is 4.90 Å². The maximum Gasteiger partial charge on any atom is 0.282 e. The van der Waals surface area contributed by atoms with Crippen molar-refractivity contribution in [3.63, 3.8) is 0 Å². The number of carbonyl (C=O) groups excluding carboxylic acids is 2. The lowest BCUT2D eigenvalue weighted by Crippen LogP contribution is -2.47. The van der Waals surface area contributed by atoms with Crippen LogP contribution in [0.25, 0.3) is 5.57 Å². The quantitative estimate of drug-likeness (QED) is 0.697. The number of rotatable bonds is 3. The normalized spacial score (nSPS) is 22.0. The van der Waals surface area contributed by atoms with E-state index in [1.807, 2.05) is 76.8 Å². The van der Waals surface area contributed by atoms with E-state index in [-0.39, 0.29) is 24.0 Å². The largest absolute Gasteiger partial charge is 0.372 e. The fraction of sp³-hybridized carbons (Fsp3) is 0.385. The summed E-state index contributed by atoms with van der Waals surface area (Å²) in [6, 6.07) is 11.8. The van der Waals surface area contributed by atoms with Crippen molar-refractivity contribution in [1.29, 1.82) is 0 Å². The van der Waals surface area contributed by atoms with Gasteiger partial charge in [-0.3, -0.25) is 9.59 Å². The number of benzene rings is 2. The standard InChI is InChI=1S/C26H30N2O3/c1-15-10-11-21(17(3)12-15)23-24(27-13-18(4)31-19(5)14-27)26(30)28(25(23)29)22-9-7-8-16(2)20(22)6/h7-12,18-19H,13-14H2,1-6H3. The molecule has 5 nitrogen and oxygen atoms in total. The highest BCUT2D eigenvalue weighted by Gasteiger charge is 2.44. The van der Waals surface area contributed by atoms with Crippen LogP contribution in [0.2, 0.25) is 0 Å². The monoisotopic (exact) mass is 418 g/mol. The van der Waals surface area contributed by atoms with Crippen LogP contribution in [0, 0.1) is 27.7 Å². The van der Waals surface area contributed by atoms with Gasteiger partial charge in [0.25, 0.3) is 11.8 Å². The summed E-state index contributed by atoms with van der Waals surface area (Å²) in [7, 11) is 0. The average molecular weight is 419 g/mol. The van der Waals surface area contributed by atoms with Crippen LogP contribution >= 0.6 is 0 Å². The van der Waals surface area contributed by atoms with Gasteiger partial charge in [-0.1, -0.05) is 35.9 Å². The molecule has 5 heteroatoms. The number of hydrogen-bond donors (Lipinski definition) is 0. The lowest BCUT2D eigenvalue weighted by atomic mass is 9.97. The molecule has 2 aliphatic rings. The van der Waals surface area contributed by atoms with E-state index < -0.39 is 0 Å². The molecule has 0 bridgehead atoms. The molecule has 0 aromatic heterocycles. The SMILES string of the molecule is Cc1ccc(C2=C(N3CC(C)OC(C)C3)C(=O)N(c3cccc(C)c3C)C2=O)c(C)c1. The van der Waals surface area contributed by atoms with Crippen molar-refractivity contribution in [3.8, 4) is 0 Å². The minimum Gasteiger partial charge on any atom is -0.372 e. The number of morpholine rings is 1. The van der Waals surface area contributed by atoms with Crippen LogP contribution in [0.5, 0.6) is 0 Å². The first-order valence-electron chi connectivity index (χ1n) is 10.9. The molecule has 2 aliphatic heterocycles. The molecule has 0 N–H and O–H groups in total. The first-order chi connectivity index (χ1) is 14.7. The van der Waals surface area contributed by atoms with Gasteiger partial charge in [-0.15, -0.1) is 0 Å². The lowest BCUT2D eigenvalue weighted by molar-refractivity contribution is -0.121. The van der Waals surface area contributed by atoms with Gasteiger partial charge in [0, 0.05) is 13.1 Å². The van der Waals surface area contributed by atoms with Crippen LogP contribution < -0.4 is 4.90 Å². The smallest absolute Gasteiger partial charge is 0.282 e. The first kappa shape index (κ1) is 21.3. The Hall–Kier alpha value is -2.92. The highest BCUT2D eigenvalue weighted by atomic mass is 16.5. The molecule has 2 aromatic carbocycles. The molecular formula is C26H30N2O3. The number of hydrogen-bond acceptors (Lipinski definition) is 4. The molecule has 162 valence electrons. The molecule has 1 saturated heterocycles. The van der Waals surface area contributed by atoms with Crippen molar-refractivity contribution in [2.75, 3.05) is 18.0 Å². The Bertz CT molecular complexity index is 1090. The Balaban J connectivity index is 1.90. The summed E-state index contributed by atoms with van der Waals surface area (Å²) in [5.74, 6) is -0.512. The van der Waals surface area contributed by atoms with Gasteiger partial charge < -0.3 is 9.64 Å². The maximum absolute atomic E-state index is 13.8. The Morgan fingerprint density at radius 2 is 1.55 bits per heavy atom. The van der Waals surface area contributed by atoms with Crippen LogP contribution in [0.15, 0.2) is 42.1 Å². The number of nitrogens with zero attached hydrogens (tertiary/aromatic N) is 2. The fourth-order valence-electron chi connectivity index (χ4n) is 4.71. The number of anilines is 1. The van der Waals surface area contributed by atoms with Gasteiger partial charge in [0.2, 0.25) is 0 Å². The maximum atomic E-state index is 13.8. The second kappa shape index (κ2) is 7.97. The van der Waals surface area contributed by atoms with Gasteiger partial charge in [-0.05, 0) is 69.9 Å². The van der Waals surface area contributed by atoms with E-state index in [0.29, 0.717) is 30.0 Å². The molecule has 31 heavy (non-hydrogen) atoms. The summed E-state index contributed by atoms with van der Waals surface area (Å²) in [6.45, 7) is 13.1. The Morgan fingerprint density at radius 3 is 2.19 bits per heavy atom. The highest BCUT2D eigenvalue weighted by Crippen LogP contribution is 2.38. The predicted molar refractivity (Wildman–Crippen MR) is 123 cm³/mol. The molecule has 0 spiro atoms. The number of ether oxygens (including phenoxy) is 1. The first-order valence-corrected chi connectivity index (χ1v) is 10.9. The molecule has 2 heterocycles. The molecule has 2 atom stereocenters. The zero-order valence-electron chi connectivity index (χ0n) is 19.2. The Labute approximate surface area is 184 Å². The van der Waals surface area contributed by atoms with Crippen molar-refractivity contribution in [1.82, 2.24) is 4.90 Å². The summed E-state index contributed by atoms with van der Waals surface area (Å²) in [4.78, 5) is 31.0. The van der Waals surface area contributed by atoms with Crippen LogP contribution in [-0.2, 0) is 14.3 Å². The van der Waals surface area contributed by atoms with Gasteiger partial charge >= 0.3 is 0 Å². The lowest BCUT2D eigenvalue weighted by Gasteiger charge is -2.37. The topological polar surface area (TPSA) is 49.9 Å². The zero-order valence-corrected chi connectivity index (χ0v) is 19.2. The summed E-state index contributed by atoms with van der Waals surface area (Å²) >= 11 is 0. The molecule has 4 rings (SSSR count). The molecule has 0 radical (unpaired) electrons. The minimum atomic E-state index is -0.257. The average Bonchev–Trinajstić information content (AvgIpc) is 2.94. The highest BCUT2D eigenvalue weighted by molar-refractivity contribution is 6.45. The Kier molecular flexibility index (Phi) is 5.48. The van der Waals surface area contributed by atoms with E-state index in [9.17, 15) is 9.59 Å². The van der Waals surface area contributed by atoms with E-state index in [2.05, 4.69) is 6.07 Å². The van der Waals surface area contributed by atoms with Gasteiger partial charge in [0.1, 0.15) is 5.70 Å². The number of imide groups is 1. The molecular weight excluding hydrogens is 388 g/mol. The third kappa shape index (κ3) is 3.68. The third-order valence-electron chi connectivity index (χ3n) is 6.26. The zero-order chi connectivity index (χ0) is 22.4. The van der Waals surface area contributed by atoms with E-state index in [4.69, 9.17) is 4.74 Å². The molecule has 0 aliphatic carbocycles. The molecule has 0 saturated carbocycles. The Morgan fingerprint density at radius 1 is 0.871 bits per heavy atom. The summed E-state index contributed by atoms with van der Waals surface area (Å²) in [5.41, 5.74) is 6.55. The van der Waals surface area contributed by atoms with E-state index in [0.717, 1.165) is 27.8 Å². The van der Waals surface area contributed by atoms with Crippen molar-refractivity contribution >= 4 is 23.1 Å². The van der Waals surface area contributed by atoms with Crippen molar-refractivity contribution in [2.24, 2.45) is 0 Å². The second-order valence-corrected chi connectivity index (χ2v) is 8.87. The van der Waals surface area contributed by atoms with Crippen LogP contribution in [0.1, 0.15) is 41.7 Å². The molecule has 1 fully saturated rings. The summed E-state index contributed by atoms with van der Waals surface area (Å²) in [5, 5.41) is 0. The molecule has 2 aromatic rings. The number of carbonyl (C=O) groups is 2. The van der Waals surface area contributed by atoms with E-state index >= 15 is 0 Å². The van der Waals surface area contributed by atoms with Crippen LogP contribution in [-0.4, -0.2) is 42.0 Å². The second-order valence-electron chi connectivity index (χ2n) is 8.87. The summed E-state index contributed by atoms with van der Waals surface area (Å²) in [6.07, 6.45) is -0.0384.